The molecule has 0 aromatic heterocycles. The molecule has 2 amide bonds. The molecule has 0 atom stereocenters. The minimum absolute atomic E-state index is 0.0224. The van der Waals surface area contributed by atoms with Crippen LogP contribution >= 0.6 is 0 Å². The van der Waals surface area contributed by atoms with E-state index in [1.807, 2.05) is 36.9 Å². The van der Waals surface area contributed by atoms with Crippen molar-refractivity contribution < 1.29 is 14.3 Å². The predicted octanol–water partition coefficient (Wildman–Crippen LogP) is 2.92. The Morgan fingerprint density at radius 3 is 2.61 bits per heavy atom. The van der Waals surface area contributed by atoms with E-state index in [0.717, 1.165) is 24.3 Å². The normalized spacial score (nSPS) is 15.6. The van der Waals surface area contributed by atoms with Crippen molar-refractivity contribution in [3.8, 4) is 5.75 Å². The summed E-state index contributed by atoms with van der Waals surface area (Å²) in [4.78, 5) is 26.3. The van der Waals surface area contributed by atoms with Crippen LogP contribution in [0.4, 0.5) is 5.69 Å². The summed E-state index contributed by atoms with van der Waals surface area (Å²) < 4.78 is 5.16. The van der Waals surface area contributed by atoms with Gasteiger partial charge in [0.2, 0.25) is 11.8 Å². The average Bonchev–Trinajstić information content (AvgIpc) is 2.54. The van der Waals surface area contributed by atoms with Gasteiger partial charge in [-0.2, -0.15) is 0 Å². The lowest BCUT2D eigenvalue weighted by atomic mass is 9.95. The molecule has 1 aromatic rings. The Kier molecular flexibility index (Phi) is 6.02. The number of nitrogens with one attached hydrogen (secondary N) is 1. The predicted molar refractivity (Wildman–Crippen MR) is 90.4 cm³/mol. The molecule has 1 fully saturated rings. The van der Waals surface area contributed by atoms with Crippen LogP contribution in [0.25, 0.3) is 0 Å². The van der Waals surface area contributed by atoms with Gasteiger partial charge in [-0.3, -0.25) is 9.59 Å². The summed E-state index contributed by atoms with van der Waals surface area (Å²) >= 11 is 0. The van der Waals surface area contributed by atoms with Gasteiger partial charge < -0.3 is 15.0 Å². The first kappa shape index (κ1) is 17.3. The minimum Gasteiger partial charge on any atom is -0.497 e. The number of amides is 2. The third kappa shape index (κ3) is 4.98. The monoisotopic (exact) mass is 318 g/mol. The summed E-state index contributed by atoms with van der Waals surface area (Å²) in [7, 11) is 1.60. The number of rotatable bonds is 5. The van der Waals surface area contributed by atoms with Crippen LogP contribution in [0.1, 0.15) is 33.1 Å². The number of hydrogen-bond donors (Lipinski definition) is 1. The summed E-state index contributed by atoms with van der Waals surface area (Å²) in [6.45, 7) is 5.43. The van der Waals surface area contributed by atoms with Crippen molar-refractivity contribution in [2.24, 2.45) is 11.8 Å². The smallest absolute Gasteiger partial charge is 0.227 e. The number of carbonyl (C=O) groups is 2. The van der Waals surface area contributed by atoms with E-state index < -0.39 is 0 Å². The number of hydrogen-bond acceptors (Lipinski definition) is 3. The van der Waals surface area contributed by atoms with Crippen molar-refractivity contribution in [2.45, 2.75) is 33.1 Å². The summed E-state index contributed by atoms with van der Waals surface area (Å²) in [5.41, 5.74) is 0.743. The highest BCUT2D eigenvalue weighted by Crippen LogP contribution is 2.22. The van der Waals surface area contributed by atoms with Gasteiger partial charge in [-0.25, -0.2) is 0 Å². The molecule has 2 rings (SSSR count). The minimum atomic E-state index is -0.0377. The second-order valence-corrected chi connectivity index (χ2v) is 6.47. The van der Waals surface area contributed by atoms with E-state index in [1.165, 1.54) is 0 Å². The van der Waals surface area contributed by atoms with Crippen LogP contribution in [-0.4, -0.2) is 36.9 Å². The molecule has 0 unspecified atom stereocenters. The van der Waals surface area contributed by atoms with E-state index in [0.29, 0.717) is 25.4 Å². The number of likely N-dealkylation sites (tertiary alicyclic amines) is 1. The largest absolute Gasteiger partial charge is 0.497 e. The van der Waals surface area contributed by atoms with Gasteiger partial charge >= 0.3 is 0 Å². The Balaban J connectivity index is 1.84. The third-order valence-corrected chi connectivity index (χ3v) is 4.14. The topological polar surface area (TPSA) is 58.6 Å². The summed E-state index contributed by atoms with van der Waals surface area (Å²) in [5, 5.41) is 2.94. The summed E-state index contributed by atoms with van der Waals surface area (Å²) in [6.07, 6.45) is 2.03. The Morgan fingerprint density at radius 1 is 1.30 bits per heavy atom. The number of anilines is 1. The van der Waals surface area contributed by atoms with Gasteiger partial charge in [-0.1, -0.05) is 19.9 Å². The van der Waals surface area contributed by atoms with E-state index in [1.54, 1.807) is 13.2 Å². The van der Waals surface area contributed by atoms with Crippen molar-refractivity contribution >= 4 is 17.5 Å². The van der Waals surface area contributed by atoms with Gasteiger partial charge in [0.05, 0.1) is 7.11 Å². The zero-order chi connectivity index (χ0) is 16.8. The molecular formula is C18H26N2O3. The summed E-state index contributed by atoms with van der Waals surface area (Å²) in [5.74, 6) is 1.28. The molecule has 0 aliphatic carbocycles. The van der Waals surface area contributed by atoms with E-state index in [4.69, 9.17) is 4.74 Å². The van der Waals surface area contributed by atoms with Gasteiger partial charge in [-0.05, 0) is 30.9 Å². The Hall–Kier alpha value is -2.04. The molecule has 23 heavy (non-hydrogen) atoms. The molecule has 126 valence electrons. The first-order valence-corrected chi connectivity index (χ1v) is 8.22. The molecule has 0 bridgehead atoms. The standard InChI is InChI=1S/C18H26N2O3/c1-13(2)11-17(21)20-9-7-14(8-10-20)18(22)19-15-5-4-6-16(12-15)23-3/h4-6,12-14H,7-11H2,1-3H3,(H,19,22). The van der Waals surface area contributed by atoms with Crippen LogP contribution in [0.5, 0.6) is 5.75 Å². The fraction of sp³-hybridized carbons (Fsp3) is 0.556. The third-order valence-electron chi connectivity index (χ3n) is 4.14. The van der Waals surface area contributed by atoms with Crippen LogP contribution < -0.4 is 10.1 Å². The van der Waals surface area contributed by atoms with Crippen molar-refractivity contribution in [3.05, 3.63) is 24.3 Å². The van der Waals surface area contributed by atoms with Gasteiger partial charge in [0.1, 0.15) is 5.75 Å². The Morgan fingerprint density at radius 2 is 2.00 bits per heavy atom. The molecule has 1 heterocycles. The molecule has 0 spiro atoms. The van der Waals surface area contributed by atoms with Crippen LogP contribution in [-0.2, 0) is 9.59 Å². The molecule has 0 saturated carbocycles. The number of benzene rings is 1. The number of ether oxygens (including phenoxy) is 1. The van der Waals surface area contributed by atoms with Crippen molar-refractivity contribution in [3.63, 3.8) is 0 Å². The lowest BCUT2D eigenvalue weighted by Crippen LogP contribution is -2.41. The van der Waals surface area contributed by atoms with Gasteiger partial charge in [0.25, 0.3) is 0 Å². The fourth-order valence-electron chi connectivity index (χ4n) is 2.81. The average molecular weight is 318 g/mol. The lowest BCUT2D eigenvalue weighted by molar-refractivity contribution is -0.135. The first-order chi connectivity index (χ1) is 11.0. The van der Waals surface area contributed by atoms with Crippen molar-refractivity contribution in [2.75, 3.05) is 25.5 Å². The molecule has 0 radical (unpaired) electrons. The Bertz CT molecular complexity index is 549. The van der Waals surface area contributed by atoms with E-state index in [9.17, 15) is 9.59 Å². The number of nitrogens with zero attached hydrogens (tertiary/aromatic N) is 1. The second kappa shape index (κ2) is 7.99. The molecule has 1 saturated heterocycles. The van der Waals surface area contributed by atoms with Crippen LogP contribution in [0.3, 0.4) is 0 Å². The highest BCUT2D eigenvalue weighted by Gasteiger charge is 2.27. The quantitative estimate of drug-likeness (QED) is 0.908. The molecular weight excluding hydrogens is 292 g/mol. The molecule has 5 nitrogen and oxygen atoms in total. The Labute approximate surface area is 138 Å². The maximum Gasteiger partial charge on any atom is 0.227 e. The van der Waals surface area contributed by atoms with Crippen LogP contribution in [0.15, 0.2) is 24.3 Å². The number of piperidine rings is 1. The van der Waals surface area contributed by atoms with E-state index in [2.05, 4.69) is 5.32 Å². The highest BCUT2D eigenvalue weighted by molar-refractivity contribution is 5.93. The maximum atomic E-state index is 12.4. The fourth-order valence-corrected chi connectivity index (χ4v) is 2.81. The van der Waals surface area contributed by atoms with Gasteiger partial charge in [0.15, 0.2) is 0 Å². The second-order valence-electron chi connectivity index (χ2n) is 6.47. The highest BCUT2D eigenvalue weighted by atomic mass is 16.5. The molecule has 5 heteroatoms. The SMILES string of the molecule is COc1cccc(NC(=O)C2CCN(C(=O)CC(C)C)CC2)c1. The first-order valence-electron chi connectivity index (χ1n) is 8.22. The molecule has 1 N–H and O–H groups in total. The van der Waals surface area contributed by atoms with Crippen molar-refractivity contribution in [1.82, 2.24) is 4.90 Å². The maximum absolute atomic E-state index is 12.4. The zero-order valence-corrected chi connectivity index (χ0v) is 14.2. The van der Waals surface area contributed by atoms with E-state index in [-0.39, 0.29) is 17.7 Å². The molecule has 1 aromatic carbocycles. The van der Waals surface area contributed by atoms with Crippen LogP contribution in [0, 0.1) is 11.8 Å². The summed E-state index contributed by atoms with van der Waals surface area (Å²) in [6, 6.07) is 7.34. The lowest BCUT2D eigenvalue weighted by Gasteiger charge is -2.31. The molecule has 1 aliphatic rings. The van der Waals surface area contributed by atoms with Gasteiger partial charge in [-0.15, -0.1) is 0 Å². The molecule has 1 aliphatic heterocycles. The van der Waals surface area contributed by atoms with Gasteiger partial charge in [0, 0.05) is 37.2 Å². The number of methoxy groups -OCH3 is 1. The number of carbonyl (C=O) groups excluding carboxylic acids is 2. The zero-order valence-electron chi connectivity index (χ0n) is 14.2. The van der Waals surface area contributed by atoms with Crippen LogP contribution in [0.2, 0.25) is 0 Å². The van der Waals surface area contributed by atoms with Crippen molar-refractivity contribution in [1.29, 1.82) is 0 Å². The van der Waals surface area contributed by atoms with E-state index >= 15 is 0 Å².